The minimum Gasteiger partial charge on any atom is -0.462 e. The van der Waals surface area contributed by atoms with Crippen LogP contribution in [0.2, 0.25) is 10.0 Å². The molecule has 5 nitrogen and oxygen atoms in total. The standard InChI is InChI=1S/C29H25Cl2NO4/c1-2-14-35-29(34)22-6-3-4-9-26(22)36-28(33)17-10-13-25-23(15-17)19-7-5-8-20(19)27(32-25)21-12-11-18(30)16-24(21)31/h3-7,9-13,15-16,19-20,27,32H,2,8,14H2,1H3/t19-,20-,27+/m0/s1. The predicted molar refractivity (Wildman–Crippen MR) is 141 cm³/mol. The van der Waals surface area contributed by atoms with Crippen molar-refractivity contribution in [1.82, 2.24) is 0 Å². The van der Waals surface area contributed by atoms with E-state index in [0.29, 0.717) is 28.6 Å². The summed E-state index contributed by atoms with van der Waals surface area (Å²) in [5, 5.41) is 4.85. The first-order valence-corrected chi connectivity index (χ1v) is 12.7. The molecule has 0 amide bonds. The van der Waals surface area contributed by atoms with E-state index < -0.39 is 11.9 Å². The summed E-state index contributed by atoms with van der Waals surface area (Å²) in [7, 11) is 0. The van der Waals surface area contributed by atoms with Gasteiger partial charge in [0, 0.05) is 21.7 Å². The minimum atomic E-state index is -0.532. The van der Waals surface area contributed by atoms with Gasteiger partial charge in [-0.25, -0.2) is 9.59 Å². The molecular weight excluding hydrogens is 497 g/mol. The molecule has 0 saturated carbocycles. The second kappa shape index (κ2) is 10.4. The number of benzene rings is 3. The third-order valence-corrected chi connectivity index (χ3v) is 7.21. The molecule has 5 rings (SSSR count). The molecule has 7 heteroatoms. The zero-order chi connectivity index (χ0) is 25.2. The van der Waals surface area contributed by atoms with Gasteiger partial charge >= 0.3 is 11.9 Å². The van der Waals surface area contributed by atoms with Crippen molar-refractivity contribution in [2.24, 2.45) is 5.92 Å². The van der Waals surface area contributed by atoms with Gasteiger partial charge in [0.15, 0.2) is 0 Å². The van der Waals surface area contributed by atoms with Gasteiger partial charge in [-0.1, -0.05) is 60.5 Å². The summed E-state index contributed by atoms with van der Waals surface area (Å²) in [6, 6.07) is 17.7. The molecule has 2 aliphatic rings. The summed E-state index contributed by atoms with van der Waals surface area (Å²) < 4.78 is 10.9. The van der Waals surface area contributed by atoms with E-state index in [1.165, 1.54) is 0 Å². The Morgan fingerprint density at radius 3 is 2.64 bits per heavy atom. The van der Waals surface area contributed by atoms with Crippen LogP contribution in [0.4, 0.5) is 5.69 Å². The summed E-state index contributed by atoms with van der Waals surface area (Å²) in [5.41, 5.74) is 3.61. The Morgan fingerprint density at radius 2 is 1.83 bits per heavy atom. The van der Waals surface area contributed by atoms with Crippen molar-refractivity contribution >= 4 is 40.8 Å². The van der Waals surface area contributed by atoms with E-state index in [9.17, 15) is 9.59 Å². The average Bonchev–Trinajstić information content (AvgIpc) is 3.37. The lowest BCUT2D eigenvalue weighted by Crippen LogP contribution is -2.29. The maximum Gasteiger partial charge on any atom is 0.343 e. The van der Waals surface area contributed by atoms with Crippen molar-refractivity contribution in [2.45, 2.75) is 31.7 Å². The summed E-state index contributed by atoms with van der Waals surface area (Å²) in [5.74, 6) is -0.496. The molecule has 1 aliphatic carbocycles. The van der Waals surface area contributed by atoms with Crippen LogP contribution in [-0.2, 0) is 4.74 Å². The van der Waals surface area contributed by atoms with Gasteiger partial charge in [-0.3, -0.25) is 0 Å². The van der Waals surface area contributed by atoms with Gasteiger partial charge in [0.25, 0.3) is 0 Å². The molecule has 3 aromatic carbocycles. The normalized spacial score (nSPS) is 19.7. The van der Waals surface area contributed by atoms with Gasteiger partial charge in [0.05, 0.1) is 18.2 Å². The fourth-order valence-electron chi connectivity index (χ4n) is 4.94. The Bertz CT molecular complexity index is 1350. The monoisotopic (exact) mass is 521 g/mol. The Hall–Kier alpha value is -3.28. The number of hydrogen-bond donors (Lipinski definition) is 1. The van der Waals surface area contributed by atoms with Crippen molar-refractivity contribution in [2.75, 3.05) is 11.9 Å². The first-order valence-electron chi connectivity index (χ1n) is 12.0. The van der Waals surface area contributed by atoms with Gasteiger partial charge in [-0.05, 0) is 72.4 Å². The number of rotatable bonds is 6. The molecule has 3 aromatic rings. The Balaban J connectivity index is 1.41. The highest BCUT2D eigenvalue weighted by Gasteiger charge is 2.39. The molecule has 0 fully saturated rings. The third-order valence-electron chi connectivity index (χ3n) is 6.64. The minimum absolute atomic E-state index is 0.0149. The summed E-state index contributed by atoms with van der Waals surface area (Å²) >= 11 is 12.7. The van der Waals surface area contributed by atoms with Gasteiger partial charge in [-0.2, -0.15) is 0 Å². The highest BCUT2D eigenvalue weighted by atomic mass is 35.5. The van der Waals surface area contributed by atoms with E-state index in [0.717, 1.165) is 23.2 Å². The zero-order valence-corrected chi connectivity index (χ0v) is 21.2. The first kappa shape index (κ1) is 24.4. The van der Waals surface area contributed by atoms with Crippen LogP contribution in [-0.4, -0.2) is 18.5 Å². The predicted octanol–water partition coefficient (Wildman–Crippen LogP) is 7.61. The Labute approximate surface area is 220 Å². The number of anilines is 1. The number of allylic oxidation sites excluding steroid dienone is 2. The largest absolute Gasteiger partial charge is 0.462 e. The van der Waals surface area contributed by atoms with Crippen LogP contribution in [0.25, 0.3) is 0 Å². The van der Waals surface area contributed by atoms with Crippen molar-refractivity contribution in [3.63, 3.8) is 0 Å². The SMILES string of the molecule is CCCOC(=O)c1ccccc1OC(=O)c1ccc2c(c1)[C@H]1C=CC[C@@H]1[C@H](c1ccc(Cl)cc1Cl)N2. The van der Waals surface area contributed by atoms with Gasteiger partial charge in [0.1, 0.15) is 11.3 Å². The van der Waals surface area contributed by atoms with Crippen LogP contribution < -0.4 is 10.1 Å². The summed E-state index contributed by atoms with van der Waals surface area (Å²) in [6.45, 7) is 2.22. The number of nitrogens with one attached hydrogen (secondary N) is 1. The van der Waals surface area contributed by atoms with E-state index >= 15 is 0 Å². The van der Waals surface area contributed by atoms with E-state index in [1.807, 2.05) is 31.2 Å². The van der Waals surface area contributed by atoms with Crippen molar-refractivity contribution < 1.29 is 19.1 Å². The topological polar surface area (TPSA) is 64.6 Å². The van der Waals surface area contributed by atoms with Crippen LogP contribution in [0.1, 0.15) is 63.6 Å². The summed E-state index contributed by atoms with van der Waals surface area (Å²) in [4.78, 5) is 25.5. The maximum atomic E-state index is 13.1. The number of para-hydroxylation sites is 1. The Morgan fingerprint density at radius 1 is 1.00 bits per heavy atom. The Kier molecular flexibility index (Phi) is 7.04. The average molecular weight is 522 g/mol. The molecule has 0 radical (unpaired) electrons. The van der Waals surface area contributed by atoms with E-state index in [4.69, 9.17) is 32.7 Å². The van der Waals surface area contributed by atoms with Crippen molar-refractivity contribution in [3.8, 4) is 5.75 Å². The number of hydrogen-bond acceptors (Lipinski definition) is 5. The fraction of sp³-hybridized carbons (Fsp3) is 0.241. The molecule has 1 aliphatic heterocycles. The molecule has 3 atom stereocenters. The molecule has 184 valence electrons. The van der Waals surface area contributed by atoms with Gasteiger partial charge in [-0.15, -0.1) is 0 Å². The van der Waals surface area contributed by atoms with Crippen molar-refractivity contribution in [1.29, 1.82) is 0 Å². The molecular formula is C29H25Cl2NO4. The fourth-order valence-corrected chi connectivity index (χ4v) is 5.46. The molecule has 1 N–H and O–H groups in total. The highest BCUT2D eigenvalue weighted by Crippen LogP contribution is 2.51. The van der Waals surface area contributed by atoms with Crippen LogP contribution >= 0.6 is 23.2 Å². The maximum absolute atomic E-state index is 13.1. The van der Waals surface area contributed by atoms with Crippen LogP contribution in [0.5, 0.6) is 5.75 Å². The van der Waals surface area contributed by atoms with Gasteiger partial charge in [0.2, 0.25) is 0 Å². The quantitative estimate of drug-likeness (QED) is 0.205. The zero-order valence-electron chi connectivity index (χ0n) is 19.7. The highest BCUT2D eigenvalue weighted by molar-refractivity contribution is 6.35. The second-order valence-electron chi connectivity index (χ2n) is 8.96. The lowest BCUT2D eigenvalue weighted by Gasteiger charge is -2.38. The lowest BCUT2D eigenvalue weighted by molar-refractivity contribution is 0.0499. The van der Waals surface area contributed by atoms with Crippen LogP contribution in [0.15, 0.2) is 72.8 Å². The lowest BCUT2D eigenvalue weighted by atomic mass is 9.76. The van der Waals surface area contributed by atoms with Gasteiger partial charge < -0.3 is 14.8 Å². The number of esters is 2. The molecule has 0 spiro atoms. The molecule has 0 saturated heterocycles. The van der Waals surface area contributed by atoms with Crippen molar-refractivity contribution in [3.05, 3.63) is 105 Å². The summed E-state index contributed by atoms with van der Waals surface area (Å²) in [6.07, 6.45) is 5.96. The number of ether oxygens (including phenoxy) is 2. The second-order valence-corrected chi connectivity index (χ2v) is 9.81. The third kappa shape index (κ3) is 4.73. The van der Waals surface area contributed by atoms with Crippen LogP contribution in [0, 0.1) is 5.92 Å². The molecule has 36 heavy (non-hydrogen) atoms. The molecule has 0 aromatic heterocycles. The van der Waals surface area contributed by atoms with E-state index in [1.54, 1.807) is 36.4 Å². The number of carbonyl (C=O) groups is 2. The van der Waals surface area contributed by atoms with E-state index in [2.05, 4.69) is 17.5 Å². The number of fused-ring (bicyclic) bond motifs is 3. The number of halogens is 2. The molecule has 0 bridgehead atoms. The first-order chi connectivity index (χ1) is 17.5. The molecule has 0 unspecified atom stereocenters. The van der Waals surface area contributed by atoms with Crippen LogP contribution in [0.3, 0.4) is 0 Å². The number of carbonyl (C=O) groups excluding carboxylic acids is 2. The smallest absolute Gasteiger partial charge is 0.343 e. The van der Waals surface area contributed by atoms with E-state index in [-0.39, 0.29) is 29.2 Å². The molecule has 1 heterocycles.